The zero-order valence-electron chi connectivity index (χ0n) is 16.6. The fraction of sp³-hybridized carbons (Fsp3) is 0.263. The van der Waals surface area contributed by atoms with E-state index in [1.807, 2.05) is 6.92 Å². The van der Waals surface area contributed by atoms with Crippen LogP contribution in [0.2, 0.25) is 10.0 Å². The highest BCUT2D eigenvalue weighted by Gasteiger charge is 2.22. The van der Waals surface area contributed by atoms with E-state index in [2.05, 4.69) is 15.5 Å². The van der Waals surface area contributed by atoms with Crippen LogP contribution in [-0.2, 0) is 13.3 Å². The first kappa shape index (κ1) is 21.7. The van der Waals surface area contributed by atoms with Crippen molar-refractivity contribution >= 4 is 40.7 Å². The van der Waals surface area contributed by atoms with Gasteiger partial charge in [0, 0.05) is 26.8 Å². The third-order valence-corrected chi connectivity index (χ3v) is 4.72. The summed E-state index contributed by atoms with van der Waals surface area (Å²) in [5.74, 6) is -0.408. The number of anilines is 1. The first-order valence-corrected chi connectivity index (χ1v) is 9.76. The molecule has 0 aliphatic rings. The maximum Gasteiger partial charge on any atom is 0.276 e. The molecular formula is C19H20Cl2N6O3. The summed E-state index contributed by atoms with van der Waals surface area (Å²) in [6, 6.07) is 6.57. The molecule has 2 aromatic heterocycles. The highest BCUT2D eigenvalue weighted by Crippen LogP contribution is 2.32. The molecule has 0 spiro atoms. The second kappa shape index (κ2) is 9.19. The van der Waals surface area contributed by atoms with Gasteiger partial charge in [-0.05, 0) is 25.1 Å². The molecule has 11 heteroatoms. The molecule has 0 aliphatic carbocycles. The van der Waals surface area contributed by atoms with Crippen LogP contribution in [0.25, 0.3) is 0 Å². The van der Waals surface area contributed by atoms with E-state index >= 15 is 0 Å². The minimum absolute atomic E-state index is 0.00880. The quantitative estimate of drug-likeness (QED) is 0.594. The van der Waals surface area contributed by atoms with Crippen LogP contribution >= 0.6 is 23.2 Å². The van der Waals surface area contributed by atoms with E-state index < -0.39 is 5.91 Å². The number of aromatic nitrogens is 4. The van der Waals surface area contributed by atoms with Crippen molar-refractivity contribution in [2.75, 3.05) is 19.4 Å². The average Bonchev–Trinajstić information content (AvgIpc) is 3.34. The lowest BCUT2D eigenvalue weighted by molar-refractivity contribution is 0.0816. The van der Waals surface area contributed by atoms with Gasteiger partial charge in [0.05, 0.1) is 21.9 Å². The Morgan fingerprint density at radius 3 is 2.53 bits per heavy atom. The average molecular weight is 451 g/mol. The van der Waals surface area contributed by atoms with E-state index in [-0.39, 0.29) is 18.3 Å². The van der Waals surface area contributed by atoms with Gasteiger partial charge in [-0.2, -0.15) is 10.2 Å². The molecule has 2 heterocycles. The van der Waals surface area contributed by atoms with Gasteiger partial charge in [-0.15, -0.1) is 0 Å². The fourth-order valence-electron chi connectivity index (χ4n) is 2.65. The Hall–Kier alpha value is -3.04. The Morgan fingerprint density at radius 1 is 1.20 bits per heavy atom. The van der Waals surface area contributed by atoms with Crippen molar-refractivity contribution in [2.24, 2.45) is 0 Å². The van der Waals surface area contributed by atoms with E-state index in [9.17, 15) is 9.59 Å². The number of ether oxygens (including phenoxy) is 1. The number of carbonyl (C=O) groups excluding carboxylic acids is 2. The van der Waals surface area contributed by atoms with Crippen molar-refractivity contribution < 1.29 is 14.3 Å². The SMILES string of the molecule is CCn1ncc(NC(=O)c2ccn(COc3c(Cl)cccc3Cl)n2)c1C(=O)N(C)C. The second-order valence-electron chi connectivity index (χ2n) is 6.44. The van der Waals surface area contributed by atoms with Gasteiger partial charge in [0.1, 0.15) is 5.69 Å². The van der Waals surface area contributed by atoms with Crippen molar-refractivity contribution in [3.05, 3.63) is 58.1 Å². The predicted molar refractivity (Wildman–Crippen MR) is 113 cm³/mol. The van der Waals surface area contributed by atoms with Gasteiger partial charge < -0.3 is 15.0 Å². The van der Waals surface area contributed by atoms with Crippen LogP contribution in [0.3, 0.4) is 0 Å². The van der Waals surface area contributed by atoms with Crippen molar-refractivity contribution in [3.63, 3.8) is 0 Å². The van der Waals surface area contributed by atoms with E-state index in [1.54, 1.807) is 38.5 Å². The monoisotopic (exact) mass is 450 g/mol. The van der Waals surface area contributed by atoms with Gasteiger partial charge in [0.15, 0.2) is 18.2 Å². The number of rotatable bonds is 7. The van der Waals surface area contributed by atoms with E-state index in [4.69, 9.17) is 27.9 Å². The summed E-state index contributed by atoms with van der Waals surface area (Å²) in [7, 11) is 3.27. The van der Waals surface area contributed by atoms with Gasteiger partial charge in [0.25, 0.3) is 11.8 Å². The van der Waals surface area contributed by atoms with E-state index in [1.165, 1.54) is 26.5 Å². The number of amides is 2. The first-order valence-electron chi connectivity index (χ1n) is 9.00. The zero-order chi connectivity index (χ0) is 21.8. The lowest BCUT2D eigenvalue weighted by Crippen LogP contribution is -2.26. The summed E-state index contributed by atoms with van der Waals surface area (Å²) >= 11 is 12.2. The molecule has 0 bridgehead atoms. The van der Waals surface area contributed by atoms with Crippen molar-refractivity contribution in [1.82, 2.24) is 24.5 Å². The number of benzene rings is 1. The fourth-order valence-corrected chi connectivity index (χ4v) is 3.15. The molecule has 3 rings (SSSR count). The largest absolute Gasteiger partial charge is 0.468 e. The molecule has 3 aromatic rings. The van der Waals surface area contributed by atoms with Crippen LogP contribution in [0.5, 0.6) is 5.75 Å². The van der Waals surface area contributed by atoms with Gasteiger partial charge in [-0.1, -0.05) is 29.3 Å². The molecule has 0 saturated heterocycles. The number of hydrogen-bond acceptors (Lipinski definition) is 5. The van der Waals surface area contributed by atoms with Crippen molar-refractivity contribution in [1.29, 1.82) is 0 Å². The molecule has 0 radical (unpaired) electrons. The number of nitrogens with one attached hydrogen (secondary N) is 1. The maximum atomic E-state index is 12.6. The van der Waals surface area contributed by atoms with Crippen molar-refractivity contribution in [2.45, 2.75) is 20.2 Å². The summed E-state index contributed by atoms with van der Waals surface area (Å²) in [5.41, 5.74) is 0.762. The molecule has 0 fully saturated rings. The number of aryl methyl sites for hydroxylation is 1. The summed E-state index contributed by atoms with van der Waals surface area (Å²) < 4.78 is 8.55. The summed E-state index contributed by atoms with van der Waals surface area (Å²) in [5, 5.41) is 11.8. The zero-order valence-corrected chi connectivity index (χ0v) is 18.1. The van der Waals surface area contributed by atoms with Gasteiger partial charge in [0.2, 0.25) is 0 Å². The van der Waals surface area contributed by atoms with Crippen LogP contribution in [0, 0.1) is 0 Å². The van der Waals surface area contributed by atoms with Gasteiger partial charge >= 0.3 is 0 Å². The van der Waals surface area contributed by atoms with E-state index in [0.29, 0.717) is 33.7 Å². The predicted octanol–water partition coefficient (Wildman–Crippen LogP) is 3.40. The van der Waals surface area contributed by atoms with Crippen molar-refractivity contribution in [3.8, 4) is 5.75 Å². The number of nitrogens with zero attached hydrogens (tertiary/aromatic N) is 5. The first-order chi connectivity index (χ1) is 14.3. The maximum absolute atomic E-state index is 12.6. The van der Waals surface area contributed by atoms with Crippen LogP contribution in [0.15, 0.2) is 36.7 Å². The summed E-state index contributed by atoms with van der Waals surface area (Å²) in [4.78, 5) is 26.5. The molecule has 0 unspecified atom stereocenters. The number of halogens is 2. The van der Waals surface area contributed by atoms with Crippen LogP contribution in [-0.4, -0.2) is 50.4 Å². The van der Waals surface area contributed by atoms with Crippen LogP contribution < -0.4 is 10.1 Å². The van der Waals surface area contributed by atoms with Gasteiger partial charge in [-0.25, -0.2) is 4.68 Å². The Labute approximate surface area is 183 Å². The van der Waals surface area contributed by atoms with Crippen LogP contribution in [0.4, 0.5) is 5.69 Å². The third kappa shape index (κ3) is 4.58. The smallest absolute Gasteiger partial charge is 0.276 e. The van der Waals surface area contributed by atoms with E-state index in [0.717, 1.165) is 0 Å². The molecular weight excluding hydrogens is 431 g/mol. The topological polar surface area (TPSA) is 94.3 Å². The molecule has 0 aliphatic heterocycles. The molecule has 1 N–H and O–H groups in total. The molecule has 30 heavy (non-hydrogen) atoms. The number of para-hydroxylation sites is 1. The third-order valence-electron chi connectivity index (χ3n) is 4.13. The molecule has 9 nitrogen and oxygen atoms in total. The summed E-state index contributed by atoms with van der Waals surface area (Å²) in [6.45, 7) is 2.36. The standard InChI is InChI=1S/C19H20Cl2N6O3/c1-4-27-16(19(29)25(2)3)15(10-22-27)23-18(28)14-8-9-26(24-14)11-30-17-12(20)6-5-7-13(17)21/h5-10H,4,11H2,1-3H3,(H,23,28). The number of hydrogen-bond donors (Lipinski definition) is 1. The highest BCUT2D eigenvalue weighted by molar-refractivity contribution is 6.37. The van der Waals surface area contributed by atoms with Gasteiger partial charge in [-0.3, -0.25) is 14.3 Å². The Bertz CT molecular complexity index is 1060. The lowest BCUT2D eigenvalue weighted by atomic mass is 10.3. The molecule has 158 valence electrons. The molecule has 0 saturated carbocycles. The minimum Gasteiger partial charge on any atom is -0.468 e. The minimum atomic E-state index is -0.479. The Kier molecular flexibility index (Phi) is 6.63. The highest BCUT2D eigenvalue weighted by atomic mass is 35.5. The summed E-state index contributed by atoms with van der Waals surface area (Å²) in [6.07, 6.45) is 3.03. The lowest BCUT2D eigenvalue weighted by Gasteiger charge is -2.13. The number of carbonyl (C=O) groups is 2. The normalized spacial score (nSPS) is 10.7. The van der Waals surface area contributed by atoms with Crippen LogP contribution in [0.1, 0.15) is 27.9 Å². The molecule has 2 amide bonds. The molecule has 1 aromatic carbocycles. The molecule has 0 atom stereocenters. The Balaban J connectivity index is 1.72. The second-order valence-corrected chi connectivity index (χ2v) is 7.26. The Morgan fingerprint density at radius 2 is 1.90 bits per heavy atom.